The van der Waals surface area contributed by atoms with E-state index in [0.29, 0.717) is 34.8 Å². The molecule has 0 unspecified atom stereocenters. The number of fused-ring (bicyclic) bond motifs is 2. The second-order valence-corrected chi connectivity index (χ2v) is 11.0. The predicted octanol–water partition coefficient (Wildman–Crippen LogP) is 6.06. The van der Waals surface area contributed by atoms with Crippen molar-refractivity contribution in [1.29, 1.82) is 0 Å². The minimum atomic E-state index is -0.101. The first kappa shape index (κ1) is 23.0. The van der Waals surface area contributed by atoms with E-state index >= 15 is 0 Å². The third kappa shape index (κ3) is 4.58. The van der Waals surface area contributed by atoms with Gasteiger partial charge in [-0.15, -0.1) is 11.3 Å². The molecule has 9 nitrogen and oxygen atoms in total. The lowest BCUT2D eigenvalue weighted by Gasteiger charge is -2.17. The fourth-order valence-electron chi connectivity index (χ4n) is 4.22. The average Bonchev–Trinajstić information content (AvgIpc) is 3.61. The molecule has 0 aliphatic rings. The number of anilines is 1. The Morgan fingerprint density at radius 2 is 1.86 bits per heavy atom. The number of carbonyl (C=O) groups excluding carboxylic acids is 1. The van der Waals surface area contributed by atoms with Crippen LogP contribution in [0.15, 0.2) is 60.5 Å². The molecule has 6 aromatic heterocycles. The molecule has 0 radical (unpaired) electrons. The minimum absolute atomic E-state index is 0.0479. The molecule has 37 heavy (non-hydrogen) atoms. The summed E-state index contributed by atoms with van der Waals surface area (Å²) in [5, 5.41) is 12.5. The zero-order valence-corrected chi connectivity index (χ0v) is 21.3. The first-order chi connectivity index (χ1) is 17.8. The van der Waals surface area contributed by atoms with Gasteiger partial charge in [0.1, 0.15) is 11.0 Å². The van der Waals surface area contributed by atoms with Gasteiger partial charge in [0.05, 0.1) is 34.8 Å². The molecule has 6 aromatic rings. The molecule has 6 rings (SSSR count). The van der Waals surface area contributed by atoms with Crippen molar-refractivity contribution in [1.82, 2.24) is 35.1 Å². The summed E-state index contributed by atoms with van der Waals surface area (Å²) in [4.78, 5) is 35.3. The van der Waals surface area contributed by atoms with Crippen molar-refractivity contribution in [3.63, 3.8) is 0 Å². The predicted molar refractivity (Wildman–Crippen MR) is 146 cm³/mol. The molecule has 184 valence electrons. The fourth-order valence-corrected chi connectivity index (χ4v) is 4.95. The highest BCUT2D eigenvalue weighted by Crippen LogP contribution is 2.33. The summed E-state index contributed by atoms with van der Waals surface area (Å²) in [5.74, 6) is 0.561. The van der Waals surface area contributed by atoms with E-state index in [-0.39, 0.29) is 11.3 Å². The van der Waals surface area contributed by atoms with Gasteiger partial charge in [0.25, 0.3) is 0 Å². The number of imidazole rings is 1. The third-order valence-corrected chi connectivity index (χ3v) is 6.72. The van der Waals surface area contributed by atoms with Crippen molar-refractivity contribution in [2.45, 2.75) is 27.2 Å². The van der Waals surface area contributed by atoms with Crippen LogP contribution in [0.1, 0.15) is 27.2 Å². The minimum Gasteiger partial charge on any atom is -0.335 e. The average molecular weight is 509 g/mol. The molecule has 6 heterocycles. The highest BCUT2D eigenvalue weighted by atomic mass is 32.1. The Labute approximate surface area is 216 Å². The van der Waals surface area contributed by atoms with Crippen LogP contribution in [0.2, 0.25) is 0 Å². The van der Waals surface area contributed by atoms with Gasteiger partial charge in [-0.1, -0.05) is 26.8 Å². The zero-order valence-electron chi connectivity index (χ0n) is 20.5. The van der Waals surface area contributed by atoms with E-state index in [1.165, 1.54) is 0 Å². The van der Waals surface area contributed by atoms with E-state index in [9.17, 15) is 4.79 Å². The Bertz CT molecular complexity index is 1740. The molecule has 0 fully saturated rings. The van der Waals surface area contributed by atoms with Gasteiger partial charge in [0, 0.05) is 34.8 Å². The number of nitrogens with zero attached hydrogens (tertiary/aromatic N) is 5. The van der Waals surface area contributed by atoms with Crippen LogP contribution in [0.4, 0.5) is 5.69 Å². The maximum absolute atomic E-state index is 12.4. The van der Waals surface area contributed by atoms with Gasteiger partial charge in [-0.3, -0.25) is 19.9 Å². The number of hydrogen-bond donors (Lipinski definition) is 3. The van der Waals surface area contributed by atoms with E-state index in [4.69, 9.17) is 9.97 Å². The van der Waals surface area contributed by atoms with E-state index in [2.05, 4.69) is 36.5 Å². The molecule has 0 aromatic carbocycles. The summed E-state index contributed by atoms with van der Waals surface area (Å²) in [5.41, 5.74) is 6.76. The molecule has 0 saturated carbocycles. The number of hydrogen-bond acceptors (Lipinski definition) is 7. The Hall–Kier alpha value is -4.44. The first-order valence-electron chi connectivity index (χ1n) is 11.8. The Morgan fingerprint density at radius 3 is 2.68 bits per heavy atom. The Kier molecular flexibility index (Phi) is 5.53. The van der Waals surface area contributed by atoms with Gasteiger partial charge in [0.2, 0.25) is 5.91 Å². The number of H-pyrrole nitrogens is 2. The summed E-state index contributed by atoms with van der Waals surface area (Å²) < 4.78 is 0. The van der Waals surface area contributed by atoms with Crippen molar-refractivity contribution in [2.24, 2.45) is 5.41 Å². The van der Waals surface area contributed by atoms with Gasteiger partial charge >= 0.3 is 0 Å². The third-order valence-electron chi connectivity index (χ3n) is 5.82. The SMILES string of the molecule is CC(C)(C)CC(=O)Nc1cncc(-c2ccc3[nH]nc(-c4nc5c(-c6cccs6)cncc5[nH]4)c3n2)c1. The lowest BCUT2D eigenvalue weighted by atomic mass is 9.92. The van der Waals surface area contributed by atoms with Crippen molar-refractivity contribution < 1.29 is 4.79 Å². The first-order valence-corrected chi connectivity index (χ1v) is 12.7. The van der Waals surface area contributed by atoms with Crippen LogP contribution in [0.25, 0.3) is 55.3 Å². The second-order valence-electron chi connectivity index (χ2n) is 10.1. The second kappa shape index (κ2) is 8.90. The lowest BCUT2D eigenvalue weighted by molar-refractivity contribution is -0.117. The molecule has 10 heteroatoms. The van der Waals surface area contributed by atoms with Gasteiger partial charge < -0.3 is 10.3 Å². The summed E-state index contributed by atoms with van der Waals surface area (Å²) in [7, 11) is 0. The number of aromatic nitrogens is 7. The molecular formula is C27H24N8OS. The monoisotopic (exact) mass is 508 g/mol. The van der Waals surface area contributed by atoms with Gasteiger partial charge in [-0.2, -0.15) is 5.10 Å². The number of amides is 1. The van der Waals surface area contributed by atoms with Crippen LogP contribution >= 0.6 is 11.3 Å². The highest BCUT2D eigenvalue weighted by molar-refractivity contribution is 7.13. The van der Waals surface area contributed by atoms with Crippen molar-refractivity contribution >= 4 is 45.0 Å². The number of pyridine rings is 3. The fraction of sp³-hybridized carbons (Fsp3) is 0.185. The lowest BCUT2D eigenvalue weighted by Crippen LogP contribution is -2.19. The van der Waals surface area contributed by atoms with E-state index in [1.807, 2.05) is 56.6 Å². The number of carbonyl (C=O) groups is 1. The molecule has 0 bridgehead atoms. The van der Waals surface area contributed by atoms with Crippen molar-refractivity contribution in [3.8, 4) is 33.2 Å². The van der Waals surface area contributed by atoms with Crippen LogP contribution in [0.5, 0.6) is 0 Å². The molecular weight excluding hydrogens is 484 g/mol. The van der Waals surface area contributed by atoms with Crippen LogP contribution in [-0.2, 0) is 4.79 Å². The van der Waals surface area contributed by atoms with Gasteiger partial charge in [-0.25, -0.2) is 9.97 Å². The van der Waals surface area contributed by atoms with Crippen LogP contribution in [0, 0.1) is 5.41 Å². The summed E-state index contributed by atoms with van der Waals surface area (Å²) in [6.45, 7) is 6.10. The number of nitrogens with one attached hydrogen (secondary N) is 3. The maximum atomic E-state index is 12.4. The van der Waals surface area contributed by atoms with E-state index in [0.717, 1.165) is 32.6 Å². The van der Waals surface area contributed by atoms with Gasteiger partial charge in [0.15, 0.2) is 11.5 Å². The molecule has 0 spiro atoms. The van der Waals surface area contributed by atoms with Crippen molar-refractivity contribution in [3.05, 3.63) is 60.5 Å². The zero-order chi connectivity index (χ0) is 25.6. The quantitative estimate of drug-likeness (QED) is 0.260. The highest BCUT2D eigenvalue weighted by Gasteiger charge is 2.18. The largest absolute Gasteiger partial charge is 0.335 e. The summed E-state index contributed by atoms with van der Waals surface area (Å²) in [6.07, 6.45) is 7.38. The number of thiophene rings is 1. The molecule has 0 aliphatic heterocycles. The Balaban J connectivity index is 1.36. The summed E-state index contributed by atoms with van der Waals surface area (Å²) in [6, 6.07) is 9.78. The van der Waals surface area contributed by atoms with E-state index in [1.54, 1.807) is 29.9 Å². The molecule has 0 saturated heterocycles. The van der Waals surface area contributed by atoms with Gasteiger partial charge in [-0.05, 0) is 35.1 Å². The van der Waals surface area contributed by atoms with Crippen molar-refractivity contribution in [2.75, 3.05) is 5.32 Å². The maximum Gasteiger partial charge on any atom is 0.224 e. The smallest absolute Gasteiger partial charge is 0.224 e. The molecule has 3 N–H and O–H groups in total. The number of aromatic amines is 2. The van der Waals surface area contributed by atoms with Crippen LogP contribution in [-0.4, -0.2) is 41.0 Å². The van der Waals surface area contributed by atoms with E-state index < -0.39 is 0 Å². The molecule has 0 aliphatic carbocycles. The molecule has 1 amide bonds. The topological polar surface area (TPSA) is 125 Å². The standard InChI is InChI=1S/C27H24N8OS/c1-27(2,3)10-22(36)30-16-9-15(11-28-12-16)18-6-7-19-24(31-18)25(35-34-19)26-32-20-14-29-13-17(23(20)33-26)21-5-4-8-37-21/h4-9,11-14H,10H2,1-3H3,(H,30,36)(H,32,33)(H,34,35). The number of rotatable bonds is 5. The normalized spacial score (nSPS) is 11.9. The van der Waals surface area contributed by atoms with Crippen LogP contribution < -0.4 is 5.32 Å². The Morgan fingerprint density at radius 1 is 1.00 bits per heavy atom. The molecule has 0 atom stereocenters. The summed E-state index contributed by atoms with van der Waals surface area (Å²) >= 11 is 1.65. The van der Waals surface area contributed by atoms with Crippen LogP contribution in [0.3, 0.4) is 0 Å².